The second-order valence-electron chi connectivity index (χ2n) is 6.17. The van der Waals surface area contributed by atoms with Gasteiger partial charge in [-0.1, -0.05) is 27.7 Å². The monoisotopic (exact) mass is 370 g/mol. The first-order valence-electron chi connectivity index (χ1n) is 8.30. The van der Waals surface area contributed by atoms with Crippen molar-refractivity contribution in [3.8, 4) is 11.5 Å². The number of ether oxygens (including phenoxy) is 2. The van der Waals surface area contributed by atoms with Crippen LogP contribution in [-0.2, 0) is 0 Å². The van der Waals surface area contributed by atoms with Crippen LogP contribution in [0.2, 0.25) is 0 Å². The molecule has 2 rings (SSSR count). The zero-order chi connectivity index (χ0) is 19.7. The molecule has 0 aliphatic heterocycles. The maximum absolute atomic E-state index is 13.0. The van der Waals surface area contributed by atoms with E-state index < -0.39 is 18.8 Å². The summed E-state index contributed by atoms with van der Waals surface area (Å²) in [5.74, 6) is 0.846. The molecule has 2 aromatic rings. The van der Waals surface area contributed by atoms with E-state index in [1.54, 1.807) is 18.5 Å². The lowest BCUT2D eigenvalue weighted by Crippen LogP contribution is -2.08. The summed E-state index contributed by atoms with van der Waals surface area (Å²) in [5, 5.41) is 0. The predicted molar refractivity (Wildman–Crippen MR) is 94.7 cm³/mol. The Balaban J connectivity index is 0.000000263. The molecule has 0 aliphatic carbocycles. The first kappa shape index (κ1) is 21.7. The number of halogens is 3. The normalized spacial score (nSPS) is 10.7. The van der Waals surface area contributed by atoms with E-state index in [4.69, 9.17) is 9.47 Å². The van der Waals surface area contributed by atoms with E-state index in [-0.39, 0.29) is 11.8 Å². The van der Waals surface area contributed by atoms with Crippen molar-refractivity contribution in [1.29, 1.82) is 0 Å². The van der Waals surface area contributed by atoms with Gasteiger partial charge in [0.15, 0.2) is 11.6 Å². The first-order valence-corrected chi connectivity index (χ1v) is 8.30. The van der Waals surface area contributed by atoms with Crippen LogP contribution in [0.3, 0.4) is 0 Å². The van der Waals surface area contributed by atoms with Gasteiger partial charge in [-0.05, 0) is 17.9 Å². The molecule has 0 bridgehead atoms. The van der Waals surface area contributed by atoms with Gasteiger partial charge in [-0.15, -0.1) is 0 Å². The topological polar surface area (TPSA) is 44.2 Å². The van der Waals surface area contributed by atoms with E-state index in [0.717, 1.165) is 17.3 Å². The van der Waals surface area contributed by atoms with Gasteiger partial charge >= 0.3 is 0 Å². The number of hydrogen-bond acceptors (Lipinski definition) is 4. The highest BCUT2D eigenvalue weighted by Gasteiger charge is 2.12. The molecule has 7 heteroatoms. The number of nitrogens with zero attached hydrogens (tertiary/aromatic N) is 2. The second kappa shape index (κ2) is 10.6. The fourth-order valence-electron chi connectivity index (χ4n) is 2.18. The lowest BCUT2D eigenvalue weighted by atomic mass is 10.0. The van der Waals surface area contributed by atoms with Gasteiger partial charge in [0.2, 0.25) is 0 Å². The average molecular weight is 370 g/mol. The molecular formula is C19H25F3N2O2. The van der Waals surface area contributed by atoms with Crippen LogP contribution in [0, 0.1) is 5.82 Å². The summed E-state index contributed by atoms with van der Waals surface area (Å²) in [6.07, 6.45) is 3.53. The van der Waals surface area contributed by atoms with Crippen LogP contribution in [0.4, 0.5) is 13.2 Å². The standard InChI is InChI=1S/C10H13F2NO.C9H12FNO/c1-7(2)8-5-13-4-3-9(8)14-6-10(11)12;1-6(2)7-4-11-5-8(10)9(7)12-3/h3-5,7,10H,6H2,1-2H3;4-6H,1-3H3. The lowest BCUT2D eigenvalue weighted by Gasteiger charge is -2.12. The van der Waals surface area contributed by atoms with Crippen molar-refractivity contribution >= 4 is 0 Å². The van der Waals surface area contributed by atoms with Gasteiger partial charge in [0.25, 0.3) is 6.43 Å². The maximum Gasteiger partial charge on any atom is 0.272 e. The smallest absolute Gasteiger partial charge is 0.272 e. The maximum atomic E-state index is 13.0. The molecule has 0 fully saturated rings. The molecule has 0 radical (unpaired) electrons. The Labute approximate surface area is 152 Å². The van der Waals surface area contributed by atoms with Gasteiger partial charge in [-0.25, -0.2) is 13.2 Å². The molecular weight excluding hydrogens is 345 g/mol. The number of aromatic nitrogens is 2. The quantitative estimate of drug-likeness (QED) is 0.701. The van der Waals surface area contributed by atoms with Gasteiger partial charge in [0, 0.05) is 29.7 Å². The van der Waals surface area contributed by atoms with E-state index in [1.165, 1.54) is 13.3 Å². The van der Waals surface area contributed by atoms with Gasteiger partial charge in [0.05, 0.1) is 13.3 Å². The molecule has 0 amide bonds. The van der Waals surface area contributed by atoms with Crippen molar-refractivity contribution in [1.82, 2.24) is 9.97 Å². The zero-order valence-corrected chi connectivity index (χ0v) is 15.7. The molecule has 0 N–H and O–H groups in total. The lowest BCUT2D eigenvalue weighted by molar-refractivity contribution is 0.0812. The van der Waals surface area contributed by atoms with Gasteiger partial charge in [-0.3, -0.25) is 9.97 Å². The number of methoxy groups -OCH3 is 1. The fraction of sp³-hybridized carbons (Fsp3) is 0.474. The van der Waals surface area contributed by atoms with Crippen LogP contribution in [0.5, 0.6) is 11.5 Å². The zero-order valence-electron chi connectivity index (χ0n) is 15.7. The summed E-state index contributed by atoms with van der Waals surface area (Å²) < 4.78 is 46.7. The summed E-state index contributed by atoms with van der Waals surface area (Å²) in [4.78, 5) is 7.69. The highest BCUT2D eigenvalue weighted by Crippen LogP contribution is 2.27. The number of pyridine rings is 2. The van der Waals surface area contributed by atoms with E-state index in [1.807, 2.05) is 27.7 Å². The fourth-order valence-corrected chi connectivity index (χ4v) is 2.18. The van der Waals surface area contributed by atoms with Crippen molar-refractivity contribution in [3.05, 3.63) is 47.8 Å². The first-order chi connectivity index (χ1) is 12.3. The van der Waals surface area contributed by atoms with Crippen molar-refractivity contribution in [2.45, 2.75) is 46.0 Å². The third-order valence-electron chi connectivity index (χ3n) is 3.50. The van der Waals surface area contributed by atoms with Crippen molar-refractivity contribution in [3.63, 3.8) is 0 Å². The summed E-state index contributed by atoms with van der Waals surface area (Å²) in [5.41, 5.74) is 1.66. The molecule has 2 aromatic heterocycles. The van der Waals surface area contributed by atoms with Crippen molar-refractivity contribution in [2.24, 2.45) is 0 Å². The summed E-state index contributed by atoms with van der Waals surface area (Å²) in [6.45, 7) is 7.31. The van der Waals surface area contributed by atoms with Gasteiger partial charge < -0.3 is 9.47 Å². The van der Waals surface area contributed by atoms with Crippen LogP contribution >= 0.6 is 0 Å². The Morgan fingerprint density at radius 2 is 1.58 bits per heavy atom. The number of rotatable bonds is 6. The van der Waals surface area contributed by atoms with Gasteiger partial charge in [-0.2, -0.15) is 0 Å². The molecule has 0 aromatic carbocycles. The Morgan fingerprint density at radius 3 is 2.08 bits per heavy atom. The minimum Gasteiger partial charge on any atom is -0.493 e. The van der Waals surface area contributed by atoms with E-state index in [2.05, 4.69) is 9.97 Å². The molecule has 0 atom stereocenters. The molecule has 2 heterocycles. The van der Waals surface area contributed by atoms with Crippen molar-refractivity contribution < 1.29 is 22.6 Å². The summed E-state index contributed by atoms with van der Waals surface area (Å²) >= 11 is 0. The highest BCUT2D eigenvalue weighted by molar-refractivity contribution is 5.34. The van der Waals surface area contributed by atoms with Crippen LogP contribution in [0.1, 0.15) is 50.7 Å². The van der Waals surface area contributed by atoms with E-state index >= 15 is 0 Å². The highest BCUT2D eigenvalue weighted by atomic mass is 19.3. The minimum absolute atomic E-state index is 0.219. The molecule has 0 saturated carbocycles. The van der Waals surface area contributed by atoms with Crippen LogP contribution < -0.4 is 9.47 Å². The largest absolute Gasteiger partial charge is 0.493 e. The SMILES string of the molecule is CC(C)c1cnccc1OCC(F)F.COc1c(F)cncc1C(C)C. The average Bonchev–Trinajstić information content (AvgIpc) is 2.60. The second-order valence-corrected chi connectivity index (χ2v) is 6.17. The van der Waals surface area contributed by atoms with E-state index in [9.17, 15) is 13.2 Å². The molecule has 4 nitrogen and oxygen atoms in total. The number of hydrogen-bond donors (Lipinski definition) is 0. The number of alkyl halides is 2. The molecule has 26 heavy (non-hydrogen) atoms. The summed E-state index contributed by atoms with van der Waals surface area (Å²) in [7, 11) is 1.46. The third kappa shape index (κ3) is 6.54. The molecule has 0 spiro atoms. The predicted octanol–water partition coefficient (Wildman–Crippen LogP) is 5.20. The Hall–Kier alpha value is -2.31. The van der Waals surface area contributed by atoms with Crippen LogP contribution in [0.15, 0.2) is 30.9 Å². The van der Waals surface area contributed by atoms with Crippen LogP contribution in [0.25, 0.3) is 0 Å². The molecule has 144 valence electrons. The Kier molecular flexibility index (Phi) is 8.88. The van der Waals surface area contributed by atoms with E-state index in [0.29, 0.717) is 11.5 Å². The minimum atomic E-state index is -2.44. The molecule has 0 unspecified atom stereocenters. The Bertz CT molecular complexity index is 680. The summed E-state index contributed by atoms with van der Waals surface area (Å²) in [6, 6.07) is 1.61. The van der Waals surface area contributed by atoms with Crippen LogP contribution in [-0.4, -0.2) is 30.1 Å². The molecule has 0 saturated heterocycles. The van der Waals surface area contributed by atoms with Crippen molar-refractivity contribution in [2.75, 3.05) is 13.7 Å². The Morgan fingerprint density at radius 1 is 0.962 bits per heavy atom. The third-order valence-corrected chi connectivity index (χ3v) is 3.50. The molecule has 0 aliphatic rings. The van der Waals surface area contributed by atoms with Gasteiger partial charge in [0.1, 0.15) is 12.4 Å².